The van der Waals surface area contributed by atoms with E-state index in [9.17, 15) is 4.79 Å². The lowest BCUT2D eigenvalue weighted by Crippen LogP contribution is -2.38. The molecule has 0 atom stereocenters. The third kappa shape index (κ3) is 7.83. The molecule has 142 valence electrons. The van der Waals surface area contributed by atoms with E-state index in [1.165, 1.54) is 0 Å². The summed E-state index contributed by atoms with van der Waals surface area (Å²) in [6, 6.07) is 9.46. The summed E-state index contributed by atoms with van der Waals surface area (Å²) >= 11 is 0. The van der Waals surface area contributed by atoms with Gasteiger partial charge in [-0.2, -0.15) is 5.10 Å². The molecule has 0 aliphatic rings. The van der Waals surface area contributed by atoms with Gasteiger partial charge >= 0.3 is 0 Å². The van der Waals surface area contributed by atoms with Crippen LogP contribution in [0.4, 0.5) is 5.69 Å². The SMILES string of the molecule is CN=C(NCCOC)NCc1cccc(NC(=O)Cn2cccn2)c1.I. The molecule has 2 aromatic rings. The van der Waals surface area contributed by atoms with Gasteiger partial charge in [0.1, 0.15) is 6.54 Å². The van der Waals surface area contributed by atoms with Gasteiger partial charge in [0.05, 0.1) is 6.61 Å². The maximum Gasteiger partial charge on any atom is 0.246 e. The topological polar surface area (TPSA) is 92.6 Å². The van der Waals surface area contributed by atoms with Crippen molar-refractivity contribution in [2.45, 2.75) is 13.1 Å². The minimum atomic E-state index is -0.120. The van der Waals surface area contributed by atoms with Crippen molar-refractivity contribution in [1.29, 1.82) is 0 Å². The first-order valence-corrected chi connectivity index (χ1v) is 8.01. The summed E-state index contributed by atoms with van der Waals surface area (Å²) in [7, 11) is 3.37. The third-order valence-corrected chi connectivity index (χ3v) is 3.36. The van der Waals surface area contributed by atoms with E-state index in [-0.39, 0.29) is 36.4 Å². The van der Waals surface area contributed by atoms with E-state index in [1.54, 1.807) is 37.3 Å². The van der Waals surface area contributed by atoms with Crippen molar-refractivity contribution >= 4 is 41.5 Å². The zero-order valence-corrected chi connectivity index (χ0v) is 17.3. The van der Waals surface area contributed by atoms with Crippen LogP contribution in [-0.4, -0.2) is 49.0 Å². The minimum Gasteiger partial charge on any atom is -0.383 e. The molecule has 3 N–H and O–H groups in total. The fourth-order valence-electron chi connectivity index (χ4n) is 2.18. The molecule has 8 nitrogen and oxygen atoms in total. The van der Waals surface area contributed by atoms with Crippen molar-refractivity contribution in [3.63, 3.8) is 0 Å². The van der Waals surface area contributed by atoms with E-state index < -0.39 is 0 Å². The van der Waals surface area contributed by atoms with Crippen LogP contribution in [0.5, 0.6) is 0 Å². The van der Waals surface area contributed by atoms with Crippen LogP contribution in [0, 0.1) is 0 Å². The smallest absolute Gasteiger partial charge is 0.246 e. The number of guanidine groups is 1. The predicted molar refractivity (Wildman–Crippen MR) is 113 cm³/mol. The second-order valence-corrected chi connectivity index (χ2v) is 5.30. The molecule has 0 spiro atoms. The summed E-state index contributed by atoms with van der Waals surface area (Å²) in [6.45, 7) is 2.07. The third-order valence-electron chi connectivity index (χ3n) is 3.36. The van der Waals surface area contributed by atoms with Gasteiger partial charge in [0.25, 0.3) is 0 Å². The maximum atomic E-state index is 12.0. The number of hydrogen-bond acceptors (Lipinski definition) is 4. The first kappa shape index (κ1) is 21.9. The van der Waals surface area contributed by atoms with Gasteiger partial charge in [0, 0.05) is 45.3 Å². The van der Waals surface area contributed by atoms with E-state index in [4.69, 9.17) is 4.74 Å². The Morgan fingerprint density at radius 1 is 1.31 bits per heavy atom. The average Bonchev–Trinajstić information content (AvgIpc) is 3.11. The molecule has 0 saturated heterocycles. The summed E-state index contributed by atoms with van der Waals surface area (Å²) < 4.78 is 6.58. The van der Waals surface area contributed by atoms with Crippen molar-refractivity contribution in [2.75, 3.05) is 32.6 Å². The zero-order chi connectivity index (χ0) is 17.9. The Morgan fingerprint density at radius 3 is 2.85 bits per heavy atom. The molecule has 0 aliphatic heterocycles. The first-order valence-electron chi connectivity index (χ1n) is 8.01. The Balaban J connectivity index is 0.00000338. The van der Waals surface area contributed by atoms with Crippen LogP contribution in [0.2, 0.25) is 0 Å². The Morgan fingerprint density at radius 2 is 2.15 bits per heavy atom. The van der Waals surface area contributed by atoms with Gasteiger partial charge in [-0.3, -0.25) is 14.5 Å². The fourth-order valence-corrected chi connectivity index (χ4v) is 2.18. The van der Waals surface area contributed by atoms with Crippen molar-refractivity contribution < 1.29 is 9.53 Å². The van der Waals surface area contributed by atoms with Gasteiger partial charge in [-0.05, 0) is 23.8 Å². The van der Waals surface area contributed by atoms with E-state index in [0.29, 0.717) is 25.7 Å². The van der Waals surface area contributed by atoms with E-state index in [2.05, 4.69) is 26.0 Å². The molecule has 26 heavy (non-hydrogen) atoms. The Bertz CT molecular complexity index is 690. The van der Waals surface area contributed by atoms with Crippen LogP contribution < -0.4 is 16.0 Å². The number of methoxy groups -OCH3 is 1. The number of nitrogens with zero attached hydrogens (tertiary/aromatic N) is 3. The van der Waals surface area contributed by atoms with Gasteiger partial charge in [0.2, 0.25) is 5.91 Å². The standard InChI is InChI=1S/C17H24N6O2.HI/c1-18-17(19-8-10-25-2)20-12-14-5-3-6-15(11-14)22-16(24)13-23-9-4-7-21-23;/h3-7,9,11H,8,10,12-13H2,1-2H3,(H,22,24)(H2,18,19,20);1H. The molecule has 0 saturated carbocycles. The Hall–Kier alpha value is -2.14. The van der Waals surface area contributed by atoms with Crippen molar-refractivity contribution in [2.24, 2.45) is 4.99 Å². The number of nitrogens with one attached hydrogen (secondary N) is 3. The molecule has 0 fully saturated rings. The predicted octanol–water partition coefficient (Wildman–Crippen LogP) is 1.45. The maximum absolute atomic E-state index is 12.0. The molecule has 9 heteroatoms. The molecule has 1 amide bonds. The Labute approximate surface area is 170 Å². The molecule has 1 aromatic heterocycles. The molecule has 1 heterocycles. The van der Waals surface area contributed by atoms with Crippen LogP contribution in [0.15, 0.2) is 47.7 Å². The van der Waals surface area contributed by atoms with E-state index in [1.807, 2.05) is 24.3 Å². The van der Waals surface area contributed by atoms with Crippen LogP contribution in [0.3, 0.4) is 0 Å². The number of halogens is 1. The van der Waals surface area contributed by atoms with Gasteiger partial charge in [-0.1, -0.05) is 12.1 Å². The van der Waals surface area contributed by atoms with E-state index in [0.717, 1.165) is 11.3 Å². The lowest BCUT2D eigenvalue weighted by atomic mass is 10.2. The van der Waals surface area contributed by atoms with Crippen molar-refractivity contribution in [3.8, 4) is 0 Å². The molecule has 0 radical (unpaired) electrons. The molecule has 2 rings (SSSR count). The summed E-state index contributed by atoms with van der Waals surface area (Å²) in [5.74, 6) is 0.580. The summed E-state index contributed by atoms with van der Waals surface area (Å²) in [5, 5.41) is 13.3. The normalized spacial score (nSPS) is 10.8. The number of ether oxygens (including phenoxy) is 1. The number of amides is 1. The highest BCUT2D eigenvalue weighted by molar-refractivity contribution is 14.0. The zero-order valence-electron chi connectivity index (χ0n) is 14.9. The first-order chi connectivity index (χ1) is 12.2. The largest absolute Gasteiger partial charge is 0.383 e. The minimum absolute atomic E-state index is 0. The molecular formula is C17H25IN6O2. The highest BCUT2D eigenvalue weighted by atomic mass is 127. The quantitative estimate of drug-likeness (QED) is 0.234. The second-order valence-electron chi connectivity index (χ2n) is 5.30. The van der Waals surface area contributed by atoms with Gasteiger partial charge in [-0.15, -0.1) is 24.0 Å². The highest BCUT2D eigenvalue weighted by Crippen LogP contribution is 2.10. The van der Waals surface area contributed by atoms with Crippen molar-refractivity contribution in [1.82, 2.24) is 20.4 Å². The molecule has 0 bridgehead atoms. The monoisotopic (exact) mass is 472 g/mol. The number of rotatable bonds is 8. The average molecular weight is 472 g/mol. The van der Waals surface area contributed by atoms with E-state index >= 15 is 0 Å². The molecule has 1 aromatic carbocycles. The summed E-state index contributed by atoms with van der Waals surface area (Å²) in [4.78, 5) is 16.2. The second kappa shape index (κ2) is 12.3. The van der Waals surface area contributed by atoms with Gasteiger partial charge in [0.15, 0.2) is 5.96 Å². The number of hydrogen-bond donors (Lipinski definition) is 3. The molecule has 0 aliphatic carbocycles. The van der Waals surface area contributed by atoms with Gasteiger partial charge in [-0.25, -0.2) is 0 Å². The number of carbonyl (C=O) groups is 1. The molecular weight excluding hydrogens is 447 g/mol. The van der Waals surface area contributed by atoms with Crippen LogP contribution in [0.1, 0.15) is 5.56 Å². The number of aromatic nitrogens is 2. The highest BCUT2D eigenvalue weighted by Gasteiger charge is 2.05. The summed E-state index contributed by atoms with van der Waals surface area (Å²) in [5.41, 5.74) is 1.78. The fraction of sp³-hybridized carbons (Fsp3) is 0.353. The van der Waals surface area contributed by atoms with Crippen LogP contribution in [0.25, 0.3) is 0 Å². The number of aliphatic imine (C=N–C) groups is 1. The van der Waals surface area contributed by atoms with Crippen LogP contribution in [-0.2, 0) is 22.6 Å². The number of anilines is 1. The Kier molecular flexibility index (Phi) is 10.3. The lowest BCUT2D eigenvalue weighted by Gasteiger charge is -2.12. The number of carbonyl (C=O) groups excluding carboxylic acids is 1. The number of benzene rings is 1. The van der Waals surface area contributed by atoms with Crippen molar-refractivity contribution in [3.05, 3.63) is 48.3 Å². The van der Waals surface area contributed by atoms with Crippen LogP contribution >= 0.6 is 24.0 Å². The molecule has 0 unspecified atom stereocenters. The van der Waals surface area contributed by atoms with Gasteiger partial charge < -0.3 is 20.7 Å². The summed E-state index contributed by atoms with van der Waals surface area (Å²) in [6.07, 6.45) is 3.40. The lowest BCUT2D eigenvalue weighted by molar-refractivity contribution is -0.116.